The first-order valence-corrected chi connectivity index (χ1v) is 14.7. The van der Waals surface area contributed by atoms with E-state index in [1.807, 2.05) is 60.7 Å². The highest BCUT2D eigenvalue weighted by atomic mass is 16.4. The van der Waals surface area contributed by atoms with E-state index in [1.165, 1.54) is 0 Å². The van der Waals surface area contributed by atoms with Crippen molar-refractivity contribution >= 4 is 29.7 Å². The highest BCUT2D eigenvalue weighted by molar-refractivity contribution is 5.94. The van der Waals surface area contributed by atoms with Crippen LogP contribution in [0, 0.1) is 0 Å². The molecule has 0 fully saturated rings. The van der Waals surface area contributed by atoms with Crippen LogP contribution in [0.5, 0.6) is 0 Å². The number of nitrogens with two attached hydrogens (primary N) is 3. The molecule has 0 aliphatic heterocycles. The molecule has 4 unspecified atom stereocenters. The van der Waals surface area contributed by atoms with E-state index in [4.69, 9.17) is 17.2 Å². The number of carboxylic acids is 1. The molecule has 238 valence electrons. The van der Waals surface area contributed by atoms with Crippen LogP contribution in [0.2, 0.25) is 0 Å². The number of hydrogen-bond donors (Lipinski definition) is 7. The van der Waals surface area contributed by atoms with Crippen LogP contribution in [-0.2, 0) is 38.4 Å². The number of carbonyl (C=O) groups excluding carboxylic acids is 3. The van der Waals surface area contributed by atoms with Crippen molar-refractivity contribution in [1.82, 2.24) is 16.0 Å². The lowest BCUT2D eigenvalue weighted by Crippen LogP contribution is -2.58. The summed E-state index contributed by atoms with van der Waals surface area (Å²) in [6.45, 7) is 0.187. The number of nitrogens with one attached hydrogen (secondary N) is 3. The standard InChI is InChI=1S/C33H41N7O5/c34-25(19-22-11-4-1-5-12-22)29(41)39-27(20-23-13-6-2-7-14-23)31(43)38-26(17-10-18-37-33(35)36)30(42)40-28(32(44)45)21-24-15-8-3-9-16-24/h1-9,11-16,25-28H,10,17-21,34H2,(H,38,43)(H,39,41)(H,40,42)(H,44,45)(H4,35,36,37). The minimum absolute atomic E-state index is 0.0442. The number of aliphatic imine (C=N–C) groups is 1. The van der Waals surface area contributed by atoms with Gasteiger partial charge in [0.05, 0.1) is 6.04 Å². The minimum atomic E-state index is -1.24. The average Bonchev–Trinajstić information content (AvgIpc) is 3.03. The van der Waals surface area contributed by atoms with Crippen LogP contribution in [-0.4, -0.2) is 65.5 Å². The number of rotatable bonds is 17. The Kier molecular flexibility index (Phi) is 13.5. The molecule has 3 rings (SSSR count). The van der Waals surface area contributed by atoms with Gasteiger partial charge in [-0.05, 0) is 36.0 Å². The lowest BCUT2D eigenvalue weighted by molar-refractivity contribution is -0.142. The molecule has 12 nitrogen and oxygen atoms in total. The van der Waals surface area contributed by atoms with Gasteiger partial charge in [0.25, 0.3) is 0 Å². The van der Waals surface area contributed by atoms with Crippen LogP contribution in [0.3, 0.4) is 0 Å². The summed E-state index contributed by atoms with van der Waals surface area (Å²) >= 11 is 0. The van der Waals surface area contributed by atoms with Crippen LogP contribution >= 0.6 is 0 Å². The number of nitrogens with zero attached hydrogens (tertiary/aromatic N) is 1. The summed E-state index contributed by atoms with van der Waals surface area (Å²) in [7, 11) is 0. The molecule has 0 heterocycles. The van der Waals surface area contributed by atoms with E-state index >= 15 is 0 Å². The maximum Gasteiger partial charge on any atom is 0.326 e. The summed E-state index contributed by atoms with van der Waals surface area (Å²) in [5, 5.41) is 17.8. The average molecular weight is 616 g/mol. The number of guanidine groups is 1. The van der Waals surface area contributed by atoms with Crippen molar-refractivity contribution in [1.29, 1.82) is 0 Å². The molecule has 0 radical (unpaired) electrons. The molecule has 0 bridgehead atoms. The smallest absolute Gasteiger partial charge is 0.326 e. The van der Waals surface area contributed by atoms with E-state index in [9.17, 15) is 24.3 Å². The van der Waals surface area contributed by atoms with Crippen LogP contribution in [0.25, 0.3) is 0 Å². The number of benzene rings is 3. The molecule has 45 heavy (non-hydrogen) atoms. The van der Waals surface area contributed by atoms with Crippen molar-refractivity contribution < 1.29 is 24.3 Å². The van der Waals surface area contributed by atoms with Crippen LogP contribution in [0.1, 0.15) is 29.5 Å². The van der Waals surface area contributed by atoms with Crippen molar-refractivity contribution in [2.75, 3.05) is 6.54 Å². The van der Waals surface area contributed by atoms with Gasteiger partial charge in [-0.25, -0.2) is 4.79 Å². The largest absolute Gasteiger partial charge is 0.480 e. The summed E-state index contributed by atoms with van der Waals surface area (Å²) < 4.78 is 0. The number of aliphatic carboxylic acids is 1. The Morgan fingerprint density at radius 2 is 1.04 bits per heavy atom. The zero-order chi connectivity index (χ0) is 32.6. The van der Waals surface area contributed by atoms with Crippen molar-refractivity contribution in [3.8, 4) is 0 Å². The lowest BCUT2D eigenvalue weighted by atomic mass is 10.0. The number of carboxylic acid groups (broad SMARTS) is 1. The van der Waals surface area contributed by atoms with E-state index in [2.05, 4.69) is 20.9 Å². The van der Waals surface area contributed by atoms with E-state index in [-0.39, 0.29) is 38.2 Å². The fourth-order valence-corrected chi connectivity index (χ4v) is 4.67. The fraction of sp³-hybridized carbons (Fsp3) is 0.303. The molecule has 3 aromatic rings. The molecule has 10 N–H and O–H groups in total. The van der Waals surface area contributed by atoms with Gasteiger partial charge in [0.15, 0.2) is 5.96 Å². The third-order valence-electron chi connectivity index (χ3n) is 7.03. The fourth-order valence-electron chi connectivity index (χ4n) is 4.67. The van der Waals surface area contributed by atoms with Gasteiger partial charge in [0, 0.05) is 19.4 Å². The Hall–Kier alpha value is -5.23. The van der Waals surface area contributed by atoms with Gasteiger partial charge in [-0.15, -0.1) is 0 Å². The molecule has 12 heteroatoms. The molecule has 0 aromatic heterocycles. The third kappa shape index (κ3) is 12.1. The van der Waals surface area contributed by atoms with Crippen molar-refractivity contribution in [3.05, 3.63) is 108 Å². The van der Waals surface area contributed by atoms with Gasteiger partial charge >= 0.3 is 5.97 Å². The molecule has 0 aliphatic rings. The van der Waals surface area contributed by atoms with Gasteiger partial charge in [-0.1, -0.05) is 91.0 Å². The zero-order valence-corrected chi connectivity index (χ0v) is 25.0. The van der Waals surface area contributed by atoms with Gasteiger partial charge in [-0.3, -0.25) is 19.4 Å². The first-order valence-electron chi connectivity index (χ1n) is 14.7. The molecular formula is C33H41N7O5. The number of hydrogen-bond acceptors (Lipinski definition) is 6. The Balaban J connectivity index is 1.78. The molecular weight excluding hydrogens is 574 g/mol. The minimum Gasteiger partial charge on any atom is -0.480 e. The molecule has 0 saturated carbocycles. The quantitative estimate of drug-likeness (QED) is 0.0648. The van der Waals surface area contributed by atoms with Gasteiger partial charge < -0.3 is 38.3 Å². The van der Waals surface area contributed by atoms with E-state index in [0.717, 1.165) is 16.7 Å². The zero-order valence-electron chi connectivity index (χ0n) is 25.0. The van der Waals surface area contributed by atoms with E-state index in [0.29, 0.717) is 6.42 Å². The summed E-state index contributed by atoms with van der Waals surface area (Å²) in [5.74, 6) is -3.19. The Bertz CT molecular complexity index is 1420. The number of amides is 3. The van der Waals surface area contributed by atoms with Gasteiger partial charge in [0.2, 0.25) is 17.7 Å². The van der Waals surface area contributed by atoms with Gasteiger partial charge in [-0.2, -0.15) is 0 Å². The second-order valence-corrected chi connectivity index (χ2v) is 10.6. The third-order valence-corrected chi connectivity index (χ3v) is 7.03. The topological polar surface area (TPSA) is 215 Å². The summed E-state index contributed by atoms with van der Waals surface area (Å²) in [6.07, 6.45) is 0.850. The van der Waals surface area contributed by atoms with E-state index in [1.54, 1.807) is 30.3 Å². The van der Waals surface area contributed by atoms with Crippen LogP contribution < -0.4 is 33.2 Å². The second-order valence-electron chi connectivity index (χ2n) is 10.6. The first-order chi connectivity index (χ1) is 21.6. The normalized spacial score (nSPS) is 13.4. The maximum absolute atomic E-state index is 13.7. The monoisotopic (exact) mass is 615 g/mol. The van der Waals surface area contributed by atoms with Crippen molar-refractivity contribution in [2.45, 2.75) is 56.3 Å². The first kappa shape index (κ1) is 34.3. The maximum atomic E-state index is 13.7. The summed E-state index contributed by atoms with van der Waals surface area (Å²) in [6, 6.07) is 22.8. The highest BCUT2D eigenvalue weighted by Crippen LogP contribution is 2.09. The molecule has 0 spiro atoms. The van der Waals surface area contributed by atoms with E-state index < -0.39 is 47.9 Å². The Morgan fingerprint density at radius 1 is 0.622 bits per heavy atom. The highest BCUT2D eigenvalue weighted by Gasteiger charge is 2.30. The molecule has 0 aliphatic carbocycles. The molecule has 4 atom stereocenters. The predicted octanol–water partition coefficient (Wildman–Crippen LogP) is 0.634. The number of carbonyl (C=O) groups is 4. The van der Waals surface area contributed by atoms with Crippen molar-refractivity contribution in [2.24, 2.45) is 22.2 Å². The SMILES string of the molecule is NC(N)=NCCCC(NC(=O)C(Cc1ccccc1)NC(=O)C(N)Cc1ccccc1)C(=O)NC(Cc1ccccc1)C(=O)O. The predicted molar refractivity (Wildman–Crippen MR) is 172 cm³/mol. The molecule has 3 amide bonds. The second kappa shape index (κ2) is 17.8. The Morgan fingerprint density at radius 3 is 1.53 bits per heavy atom. The molecule has 0 saturated heterocycles. The molecule has 3 aromatic carbocycles. The lowest BCUT2D eigenvalue weighted by Gasteiger charge is -2.25. The van der Waals surface area contributed by atoms with Gasteiger partial charge in [0.1, 0.15) is 18.1 Å². The van der Waals surface area contributed by atoms with Crippen molar-refractivity contribution in [3.63, 3.8) is 0 Å². The Labute approximate surface area is 262 Å². The van der Waals surface area contributed by atoms with Crippen LogP contribution in [0.15, 0.2) is 96.0 Å². The van der Waals surface area contributed by atoms with Crippen LogP contribution in [0.4, 0.5) is 0 Å². The summed E-state index contributed by atoms with van der Waals surface area (Å²) in [5.41, 5.74) is 19.4. The summed E-state index contributed by atoms with van der Waals surface area (Å²) in [4.78, 5) is 56.3.